The summed E-state index contributed by atoms with van der Waals surface area (Å²) in [6, 6.07) is 13.5. The second-order valence-electron chi connectivity index (χ2n) is 4.97. The van der Waals surface area contributed by atoms with Crippen LogP contribution < -0.4 is 5.32 Å². The number of carbonyl (C=O) groups is 1. The van der Waals surface area contributed by atoms with Gasteiger partial charge >= 0.3 is 0 Å². The first kappa shape index (κ1) is 14.6. The minimum atomic E-state index is 0.0307. The van der Waals surface area contributed by atoms with Gasteiger partial charge in [-0.1, -0.05) is 29.8 Å². The number of anilines is 1. The van der Waals surface area contributed by atoms with E-state index in [9.17, 15) is 4.79 Å². The highest BCUT2D eigenvalue weighted by atomic mass is 35.5. The van der Waals surface area contributed by atoms with Crippen molar-refractivity contribution in [2.45, 2.75) is 26.7 Å². The molecule has 0 spiro atoms. The summed E-state index contributed by atoms with van der Waals surface area (Å²) in [6.45, 7) is 4.10. The molecule has 3 heteroatoms. The highest BCUT2D eigenvalue weighted by Gasteiger charge is 2.04. The Morgan fingerprint density at radius 1 is 1.05 bits per heavy atom. The van der Waals surface area contributed by atoms with Crippen LogP contribution in [0.25, 0.3) is 0 Å². The molecule has 0 aliphatic carbocycles. The van der Waals surface area contributed by atoms with Crippen molar-refractivity contribution in [3.05, 3.63) is 64.2 Å². The van der Waals surface area contributed by atoms with E-state index < -0.39 is 0 Å². The van der Waals surface area contributed by atoms with Gasteiger partial charge in [-0.25, -0.2) is 0 Å². The van der Waals surface area contributed by atoms with E-state index in [1.165, 1.54) is 11.1 Å². The van der Waals surface area contributed by atoms with Crippen molar-refractivity contribution in [1.29, 1.82) is 0 Å². The first-order chi connectivity index (χ1) is 9.54. The minimum absolute atomic E-state index is 0.0307. The fraction of sp³-hybridized carbons (Fsp3) is 0.235. The van der Waals surface area contributed by atoms with Crippen LogP contribution in [-0.2, 0) is 11.2 Å². The van der Waals surface area contributed by atoms with Crippen molar-refractivity contribution in [3.63, 3.8) is 0 Å². The minimum Gasteiger partial charge on any atom is -0.326 e. The third-order valence-corrected chi connectivity index (χ3v) is 3.60. The van der Waals surface area contributed by atoms with Gasteiger partial charge in [0.25, 0.3) is 0 Å². The zero-order valence-electron chi connectivity index (χ0n) is 11.7. The number of benzene rings is 2. The van der Waals surface area contributed by atoms with E-state index in [-0.39, 0.29) is 5.91 Å². The number of nitrogens with one attached hydrogen (secondary N) is 1. The number of hydrogen-bond acceptors (Lipinski definition) is 1. The van der Waals surface area contributed by atoms with Crippen LogP contribution in [0, 0.1) is 13.8 Å². The monoisotopic (exact) mass is 287 g/mol. The van der Waals surface area contributed by atoms with E-state index in [0.717, 1.165) is 11.3 Å². The molecule has 1 amide bonds. The molecule has 0 fully saturated rings. The fourth-order valence-corrected chi connectivity index (χ4v) is 2.08. The lowest BCUT2D eigenvalue weighted by Gasteiger charge is -2.08. The van der Waals surface area contributed by atoms with Gasteiger partial charge in [-0.15, -0.1) is 0 Å². The summed E-state index contributed by atoms with van der Waals surface area (Å²) in [4.78, 5) is 11.9. The lowest BCUT2D eigenvalue weighted by molar-refractivity contribution is -0.116. The Bertz CT molecular complexity index is 605. The van der Waals surface area contributed by atoms with Gasteiger partial charge < -0.3 is 5.32 Å². The Labute approximate surface area is 124 Å². The second-order valence-corrected chi connectivity index (χ2v) is 5.41. The average molecular weight is 288 g/mol. The summed E-state index contributed by atoms with van der Waals surface area (Å²) < 4.78 is 0. The smallest absolute Gasteiger partial charge is 0.224 e. The summed E-state index contributed by atoms with van der Waals surface area (Å²) >= 11 is 5.83. The molecule has 2 aromatic rings. The van der Waals surface area contributed by atoms with Crippen LogP contribution in [0.5, 0.6) is 0 Å². The zero-order valence-corrected chi connectivity index (χ0v) is 12.5. The van der Waals surface area contributed by atoms with Crippen LogP contribution in [0.4, 0.5) is 5.69 Å². The molecule has 0 unspecified atom stereocenters. The van der Waals surface area contributed by atoms with Crippen LogP contribution in [0.3, 0.4) is 0 Å². The third-order valence-electron chi connectivity index (χ3n) is 3.34. The highest BCUT2D eigenvalue weighted by Crippen LogP contribution is 2.15. The van der Waals surface area contributed by atoms with E-state index in [0.29, 0.717) is 17.9 Å². The van der Waals surface area contributed by atoms with E-state index in [1.54, 1.807) is 0 Å². The molecule has 0 radical (unpaired) electrons. The summed E-state index contributed by atoms with van der Waals surface area (Å²) in [5, 5.41) is 3.64. The van der Waals surface area contributed by atoms with Crippen LogP contribution in [-0.4, -0.2) is 5.91 Å². The maximum absolute atomic E-state index is 11.9. The van der Waals surface area contributed by atoms with Crippen molar-refractivity contribution in [1.82, 2.24) is 0 Å². The normalized spacial score (nSPS) is 10.3. The molecule has 104 valence electrons. The van der Waals surface area contributed by atoms with Crippen LogP contribution in [0.15, 0.2) is 42.5 Å². The van der Waals surface area contributed by atoms with Crippen molar-refractivity contribution >= 4 is 23.2 Å². The highest BCUT2D eigenvalue weighted by molar-refractivity contribution is 6.30. The van der Waals surface area contributed by atoms with Gasteiger partial charge in [0.15, 0.2) is 0 Å². The number of hydrogen-bond donors (Lipinski definition) is 1. The molecule has 0 bridgehead atoms. The molecule has 2 nitrogen and oxygen atoms in total. The molecular formula is C17H18ClNO. The Morgan fingerprint density at radius 3 is 2.40 bits per heavy atom. The largest absolute Gasteiger partial charge is 0.326 e. The van der Waals surface area contributed by atoms with Gasteiger partial charge in [-0.2, -0.15) is 0 Å². The van der Waals surface area contributed by atoms with Gasteiger partial charge in [-0.3, -0.25) is 4.79 Å². The summed E-state index contributed by atoms with van der Waals surface area (Å²) in [5.41, 5.74) is 4.38. The van der Waals surface area contributed by atoms with Gasteiger partial charge in [0.1, 0.15) is 0 Å². The van der Waals surface area contributed by atoms with Crippen LogP contribution in [0.2, 0.25) is 5.02 Å². The van der Waals surface area contributed by atoms with E-state index >= 15 is 0 Å². The number of carbonyl (C=O) groups excluding carboxylic acids is 1. The summed E-state index contributed by atoms with van der Waals surface area (Å²) in [7, 11) is 0. The summed E-state index contributed by atoms with van der Waals surface area (Å²) in [5.74, 6) is 0.0307. The van der Waals surface area contributed by atoms with Crippen LogP contribution >= 0.6 is 11.6 Å². The van der Waals surface area contributed by atoms with Crippen molar-refractivity contribution < 1.29 is 4.79 Å². The molecule has 2 rings (SSSR count). The molecule has 0 saturated carbocycles. The van der Waals surface area contributed by atoms with Gasteiger partial charge in [0.2, 0.25) is 5.91 Å². The van der Waals surface area contributed by atoms with E-state index in [2.05, 4.69) is 12.2 Å². The topological polar surface area (TPSA) is 29.1 Å². The summed E-state index contributed by atoms with van der Waals surface area (Å²) in [6.07, 6.45) is 1.18. The van der Waals surface area contributed by atoms with Crippen molar-refractivity contribution in [2.75, 3.05) is 5.32 Å². The fourth-order valence-electron chi connectivity index (χ4n) is 1.95. The Morgan fingerprint density at radius 2 is 1.75 bits per heavy atom. The first-order valence-electron chi connectivity index (χ1n) is 6.66. The molecule has 20 heavy (non-hydrogen) atoms. The Hall–Kier alpha value is -1.80. The number of halogens is 1. The van der Waals surface area contributed by atoms with Gasteiger partial charge in [0, 0.05) is 17.1 Å². The number of aryl methyl sites for hydroxylation is 3. The molecule has 2 aromatic carbocycles. The number of rotatable bonds is 4. The Balaban J connectivity index is 1.89. The number of amides is 1. The van der Waals surface area contributed by atoms with Gasteiger partial charge in [-0.05, 0) is 61.2 Å². The molecule has 0 aliphatic rings. The zero-order chi connectivity index (χ0) is 14.5. The average Bonchev–Trinajstić information content (AvgIpc) is 2.42. The van der Waals surface area contributed by atoms with Crippen molar-refractivity contribution in [3.8, 4) is 0 Å². The quantitative estimate of drug-likeness (QED) is 0.879. The standard InChI is InChI=1S/C17H18ClNO/c1-12-3-9-16(11-13(12)2)19-17(20)10-6-14-4-7-15(18)8-5-14/h3-5,7-9,11H,6,10H2,1-2H3,(H,19,20). The van der Waals surface area contributed by atoms with Gasteiger partial charge in [0.05, 0.1) is 0 Å². The SMILES string of the molecule is Cc1ccc(NC(=O)CCc2ccc(Cl)cc2)cc1C. The maximum Gasteiger partial charge on any atom is 0.224 e. The second kappa shape index (κ2) is 6.58. The predicted octanol–water partition coefficient (Wildman–Crippen LogP) is 4.53. The predicted molar refractivity (Wildman–Crippen MR) is 84.3 cm³/mol. The first-order valence-corrected chi connectivity index (χ1v) is 7.04. The van der Waals surface area contributed by atoms with Crippen LogP contribution in [0.1, 0.15) is 23.1 Å². The molecule has 0 heterocycles. The molecule has 0 atom stereocenters. The Kier molecular flexibility index (Phi) is 4.80. The molecule has 1 N–H and O–H groups in total. The van der Waals surface area contributed by atoms with Crippen molar-refractivity contribution in [2.24, 2.45) is 0 Å². The molecule has 0 saturated heterocycles. The lowest BCUT2D eigenvalue weighted by Crippen LogP contribution is -2.12. The maximum atomic E-state index is 11.9. The third kappa shape index (κ3) is 4.10. The van der Waals surface area contributed by atoms with E-state index in [1.807, 2.05) is 49.4 Å². The molecular weight excluding hydrogens is 270 g/mol. The lowest BCUT2D eigenvalue weighted by atomic mass is 10.1. The van der Waals surface area contributed by atoms with E-state index in [4.69, 9.17) is 11.6 Å². The molecule has 0 aromatic heterocycles. The molecule has 0 aliphatic heterocycles.